The van der Waals surface area contributed by atoms with Gasteiger partial charge in [0.2, 0.25) is 0 Å². The lowest BCUT2D eigenvalue weighted by molar-refractivity contribution is -0.0498. The third-order valence-electron chi connectivity index (χ3n) is 5.09. The highest BCUT2D eigenvalue weighted by molar-refractivity contribution is 7.14. The van der Waals surface area contributed by atoms with E-state index in [-0.39, 0.29) is 18.1 Å². The van der Waals surface area contributed by atoms with E-state index in [1.54, 1.807) is 29.6 Å². The van der Waals surface area contributed by atoms with E-state index in [4.69, 9.17) is 9.15 Å². The van der Waals surface area contributed by atoms with E-state index < -0.39 is 12.5 Å². The number of anilines is 1. The van der Waals surface area contributed by atoms with Crippen LogP contribution in [0.25, 0.3) is 22.0 Å². The standard InChI is InChI=1S/C26H18F2N2O4S/c27-25(28)34-19-8-6-17(7-9-19)22-15-35-26(29-22)30-24(31)23-12-11-21(33-23)14-32-20-10-5-16-3-1-2-4-18(16)13-20/h1-13,15,25H,14H2,(H,29,30,31). The zero-order valence-electron chi connectivity index (χ0n) is 18.1. The fourth-order valence-electron chi connectivity index (χ4n) is 3.42. The first-order valence-electron chi connectivity index (χ1n) is 10.6. The second-order valence-electron chi connectivity index (χ2n) is 7.46. The van der Waals surface area contributed by atoms with Gasteiger partial charge in [-0.15, -0.1) is 11.3 Å². The molecule has 0 atom stereocenters. The maximum atomic E-state index is 12.6. The van der Waals surface area contributed by atoms with Crippen LogP contribution in [0.5, 0.6) is 11.5 Å². The molecule has 0 fully saturated rings. The number of aromatic nitrogens is 1. The third kappa shape index (κ3) is 5.47. The molecular weight excluding hydrogens is 474 g/mol. The van der Waals surface area contributed by atoms with Crippen molar-refractivity contribution in [3.63, 3.8) is 0 Å². The fraction of sp³-hybridized carbons (Fsp3) is 0.0769. The maximum absolute atomic E-state index is 12.6. The highest BCUT2D eigenvalue weighted by Gasteiger charge is 2.15. The minimum atomic E-state index is -2.88. The van der Waals surface area contributed by atoms with Gasteiger partial charge in [0.05, 0.1) is 5.69 Å². The van der Waals surface area contributed by atoms with Gasteiger partial charge in [0.25, 0.3) is 5.91 Å². The Labute approximate surface area is 202 Å². The number of nitrogens with zero attached hydrogens (tertiary/aromatic N) is 1. The molecule has 0 spiro atoms. The Bertz CT molecular complexity index is 1460. The molecule has 1 N–H and O–H groups in total. The molecule has 0 aliphatic heterocycles. The first-order valence-corrected chi connectivity index (χ1v) is 11.4. The van der Waals surface area contributed by atoms with Gasteiger partial charge in [0.1, 0.15) is 23.9 Å². The van der Waals surface area contributed by atoms with E-state index in [1.165, 1.54) is 23.5 Å². The van der Waals surface area contributed by atoms with Gasteiger partial charge in [-0.1, -0.05) is 30.3 Å². The van der Waals surface area contributed by atoms with Crippen molar-refractivity contribution in [2.75, 3.05) is 5.32 Å². The number of hydrogen-bond acceptors (Lipinski definition) is 6. The quantitative estimate of drug-likeness (QED) is 0.253. The Morgan fingerprint density at radius 1 is 0.971 bits per heavy atom. The molecule has 5 aromatic rings. The fourth-order valence-corrected chi connectivity index (χ4v) is 4.13. The van der Waals surface area contributed by atoms with E-state index in [2.05, 4.69) is 15.0 Å². The van der Waals surface area contributed by atoms with Crippen LogP contribution in [0.4, 0.5) is 13.9 Å². The lowest BCUT2D eigenvalue weighted by Crippen LogP contribution is -2.10. The molecule has 6 nitrogen and oxygen atoms in total. The van der Waals surface area contributed by atoms with Crippen LogP contribution in [0.1, 0.15) is 16.3 Å². The van der Waals surface area contributed by atoms with Gasteiger partial charge >= 0.3 is 6.61 Å². The number of hydrogen-bond donors (Lipinski definition) is 1. The molecule has 0 bridgehead atoms. The summed E-state index contributed by atoms with van der Waals surface area (Å²) in [7, 11) is 0. The number of amides is 1. The molecule has 2 aromatic heterocycles. The van der Waals surface area contributed by atoms with Gasteiger partial charge in [-0.05, 0) is 59.3 Å². The van der Waals surface area contributed by atoms with Gasteiger partial charge in [-0.2, -0.15) is 8.78 Å². The molecule has 35 heavy (non-hydrogen) atoms. The minimum absolute atomic E-state index is 0.0609. The van der Waals surface area contributed by atoms with Crippen LogP contribution in [0.2, 0.25) is 0 Å². The van der Waals surface area contributed by atoms with Crippen molar-refractivity contribution in [3.8, 4) is 22.8 Å². The minimum Gasteiger partial charge on any atom is -0.486 e. The molecule has 5 rings (SSSR count). The highest BCUT2D eigenvalue weighted by Crippen LogP contribution is 2.27. The van der Waals surface area contributed by atoms with Gasteiger partial charge in [-0.3, -0.25) is 10.1 Å². The van der Waals surface area contributed by atoms with Gasteiger partial charge in [0.15, 0.2) is 10.9 Å². The van der Waals surface area contributed by atoms with Crippen LogP contribution < -0.4 is 14.8 Å². The van der Waals surface area contributed by atoms with E-state index in [0.29, 0.717) is 27.9 Å². The summed E-state index contributed by atoms with van der Waals surface area (Å²) < 4.78 is 40.4. The molecule has 3 aromatic carbocycles. The molecule has 0 saturated carbocycles. The third-order valence-corrected chi connectivity index (χ3v) is 5.85. The van der Waals surface area contributed by atoms with Crippen LogP contribution in [-0.2, 0) is 6.61 Å². The average molecular weight is 493 g/mol. The highest BCUT2D eigenvalue weighted by atomic mass is 32.1. The number of fused-ring (bicyclic) bond motifs is 1. The van der Waals surface area contributed by atoms with Crippen LogP contribution in [0, 0.1) is 0 Å². The Hall–Kier alpha value is -4.24. The van der Waals surface area contributed by atoms with E-state index >= 15 is 0 Å². The van der Waals surface area contributed by atoms with Crippen molar-refractivity contribution in [2.45, 2.75) is 13.2 Å². The lowest BCUT2D eigenvalue weighted by atomic mass is 10.1. The van der Waals surface area contributed by atoms with Crippen molar-refractivity contribution in [1.29, 1.82) is 0 Å². The van der Waals surface area contributed by atoms with Gasteiger partial charge in [0, 0.05) is 10.9 Å². The number of furan rings is 1. The molecule has 0 aliphatic carbocycles. The van der Waals surface area contributed by atoms with Gasteiger partial charge < -0.3 is 13.9 Å². The Morgan fingerprint density at radius 3 is 2.54 bits per heavy atom. The number of thiazole rings is 1. The van der Waals surface area contributed by atoms with Gasteiger partial charge in [-0.25, -0.2) is 4.98 Å². The van der Waals surface area contributed by atoms with Crippen LogP contribution in [0.15, 0.2) is 88.7 Å². The SMILES string of the molecule is O=C(Nc1nc(-c2ccc(OC(F)F)cc2)cs1)c1ccc(COc2ccc3ccccc3c2)o1. The Balaban J connectivity index is 1.18. The Kier molecular flexibility index (Phi) is 6.40. The number of alkyl halides is 2. The van der Waals surface area contributed by atoms with Crippen molar-refractivity contribution in [3.05, 3.63) is 95.8 Å². The molecule has 1 amide bonds. The van der Waals surface area contributed by atoms with Crippen molar-refractivity contribution in [2.24, 2.45) is 0 Å². The zero-order valence-corrected chi connectivity index (χ0v) is 18.9. The number of nitrogens with one attached hydrogen (secondary N) is 1. The molecule has 176 valence electrons. The number of rotatable bonds is 8. The lowest BCUT2D eigenvalue weighted by Gasteiger charge is -2.06. The summed E-state index contributed by atoms with van der Waals surface area (Å²) in [4.78, 5) is 17.0. The van der Waals surface area contributed by atoms with Crippen molar-refractivity contribution < 1.29 is 27.5 Å². The Morgan fingerprint density at radius 2 is 1.74 bits per heavy atom. The topological polar surface area (TPSA) is 73.6 Å². The number of carbonyl (C=O) groups excluding carboxylic acids is 1. The number of ether oxygens (including phenoxy) is 2. The first-order chi connectivity index (χ1) is 17.0. The predicted octanol–water partition coefficient (Wildman–Crippen LogP) is 6.99. The average Bonchev–Trinajstić information content (AvgIpc) is 3.53. The van der Waals surface area contributed by atoms with E-state index in [1.807, 2.05) is 42.5 Å². The molecule has 0 aliphatic rings. The largest absolute Gasteiger partial charge is 0.486 e. The van der Waals surface area contributed by atoms with Crippen LogP contribution >= 0.6 is 11.3 Å². The number of carbonyl (C=O) groups is 1. The second-order valence-corrected chi connectivity index (χ2v) is 8.32. The normalized spacial score (nSPS) is 11.1. The molecule has 0 unspecified atom stereocenters. The number of halogens is 2. The second kappa shape index (κ2) is 9.94. The summed E-state index contributed by atoms with van der Waals surface area (Å²) in [6.07, 6.45) is 0. The summed E-state index contributed by atoms with van der Waals surface area (Å²) in [5.74, 6) is 0.964. The molecular formula is C26H18F2N2O4S. The summed E-state index contributed by atoms with van der Waals surface area (Å²) in [6.45, 7) is -2.70. The molecule has 9 heteroatoms. The first kappa shape index (κ1) is 22.5. The van der Waals surface area contributed by atoms with Crippen molar-refractivity contribution >= 4 is 33.1 Å². The molecule has 0 saturated heterocycles. The monoisotopic (exact) mass is 492 g/mol. The maximum Gasteiger partial charge on any atom is 0.387 e. The van der Waals surface area contributed by atoms with Crippen molar-refractivity contribution in [1.82, 2.24) is 4.98 Å². The van der Waals surface area contributed by atoms with Crippen LogP contribution in [0.3, 0.4) is 0 Å². The summed E-state index contributed by atoms with van der Waals surface area (Å²) in [5.41, 5.74) is 1.30. The molecule has 0 radical (unpaired) electrons. The van der Waals surface area contributed by atoms with Crippen LogP contribution in [-0.4, -0.2) is 17.5 Å². The molecule has 2 heterocycles. The summed E-state index contributed by atoms with van der Waals surface area (Å²) in [5, 5.41) is 7.03. The van der Waals surface area contributed by atoms with E-state index in [9.17, 15) is 13.6 Å². The predicted molar refractivity (Wildman–Crippen MR) is 129 cm³/mol. The number of benzene rings is 3. The summed E-state index contributed by atoms with van der Waals surface area (Å²) in [6, 6.07) is 23.2. The zero-order chi connectivity index (χ0) is 24.2. The summed E-state index contributed by atoms with van der Waals surface area (Å²) >= 11 is 1.24. The smallest absolute Gasteiger partial charge is 0.387 e. The van der Waals surface area contributed by atoms with E-state index in [0.717, 1.165) is 10.8 Å².